The van der Waals surface area contributed by atoms with Gasteiger partial charge >= 0.3 is 0 Å². The van der Waals surface area contributed by atoms with Gasteiger partial charge in [-0.3, -0.25) is 4.79 Å². The van der Waals surface area contributed by atoms with Gasteiger partial charge in [-0.05, 0) is 79.9 Å². The maximum atomic E-state index is 13.5. The molecule has 0 radical (unpaired) electrons. The fourth-order valence-electron chi connectivity index (χ4n) is 6.81. The Morgan fingerprint density at radius 3 is 2.55 bits per heavy atom. The number of pyridine rings is 1. The third-order valence-corrected chi connectivity index (χ3v) is 7.67. The topological polar surface area (TPSA) is 51.2 Å². The largest absolute Gasteiger partial charge is 0.481 e. The van der Waals surface area contributed by atoms with Gasteiger partial charge in [-0.25, -0.2) is 4.98 Å². The molecular formula is C25H30N2O2. The van der Waals surface area contributed by atoms with Crippen LogP contribution in [0.1, 0.15) is 55.2 Å². The number of benzene rings is 1. The molecule has 4 aliphatic rings. The van der Waals surface area contributed by atoms with E-state index < -0.39 is 0 Å². The fourth-order valence-corrected chi connectivity index (χ4v) is 6.81. The van der Waals surface area contributed by atoms with Crippen molar-refractivity contribution in [1.82, 2.24) is 10.3 Å². The van der Waals surface area contributed by atoms with E-state index in [9.17, 15) is 4.79 Å². The van der Waals surface area contributed by atoms with Gasteiger partial charge in [0, 0.05) is 18.8 Å². The molecule has 1 amide bonds. The molecule has 2 aromatic rings. The Morgan fingerprint density at radius 2 is 1.86 bits per heavy atom. The van der Waals surface area contributed by atoms with Crippen molar-refractivity contribution in [2.45, 2.75) is 57.4 Å². The van der Waals surface area contributed by atoms with Crippen LogP contribution in [0.3, 0.4) is 0 Å². The summed E-state index contributed by atoms with van der Waals surface area (Å²) in [6.45, 7) is 2.68. The van der Waals surface area contributed by atoms with E-state index in [1.54, 1.807) is 13.3 Å². The molecule has 0 spiro atoms. The summed E-state index contributed by atoms with van der Waals surface area (Å²) in [7, 11) is 1.62. The Bertz CT molecular complexity index is 907. The van der Waals surface area contributed by atoms with E-state index in [-0.39, 0.29) is 16.7 Å². The monoisotopic (exact) mass is 390 g/mol. The predicted molar refractivity (Wildman–Crippen MR) is 113 cm³/mol. The van der Waals surface area contributed by atoms with Gasteiger partial charge in [-0.1, -0.05) is 29.8 Å². The van der Waals surface area contributed by atoms with Gasteiger partial charge in [0.2, 0.25) is 11.8 Å². The molecule has 1 heterocycles. The molecular weight excluding hydrogens is 360 g/mol. The number of methoxy groups -OCH3 is 1. The number of hydrogen-bond donors (Lipinski definition) is 1. The summed E-state index contributed by atoms with van der Waals surface area (Å²) in [5.41, 5.74) is 3.77. The highest BCUT2D eigenvalue weighted by atomic mass is 16.5. The van der Waals surface area contributed by atoms with Gasteiger partial charge in [0.25, 0.3) is 0 Å². The number of ether oxygens (including phenoxy) is 1. The maximum absolute atomic E-state index is 13.5. The van der Waals surface area contributed by atoms with E-state index in [1.165, 1.54) is 30.4 Å². The second-order valence-corrected chi connectivity index (χ2v) is 9.78. The predicted octanol–water partition coefficient (Wildman–Crippen LogP) is 4.55. The van der Waals surface area contributed by atoms with Crippen molar-refractivity contribution in [3.05, 3.63) is 59.3 Å². The lowest BCUT2D eigenvalue weighted by molar-refractivity contribution is -0.149. The Kier molecular flexibility index (Phi) is 4.41. The maximum Gasteiger partial charge on any atom is 0.226 e. The number of hydrogen-bond acceptors (Lipinski definition) is 3. The van der Waals surface area contributed by atoms with Crippen LogP contribution in [-0.2, 0) is 16.8 Å². The number of nitrogens with one attached hydrogen (secondary N) is 1. The van der Waals surface area contributed by atoms with Crippen molar-refractivity contribution in [2.75, 3.05) is 7.11 Å². The summed E-state index contributed by atoms with van der Waals surface area (Å²) in [6, 6.07) is 12.9. The Hall–Kier alpha value is -2.36. The van der Waals surface area contributed by atoms with E-state index in [2.05, 4.69) is 41.5 Å². The van der Waals surface area contributed by atoms with Crippen LogP contribution in [-0.4, -0.2) is 18.0 Å². The van der Waals surface area contributed by atoms with Crippen molar-refractivity contribution in [3.63, 3.8) is 0 Å². The highest BCUT2D eigenvalue weighted by Crippen LogP contribution is 2.65. The van der Waals surface area contributed by atoms with Crippen molar-refractivity contribution in [1.29, 1.82) is 0 Å². The third-order valence-electron chi connectivity index (χ3n) is 7.67. The number of amides is 1. The minimum Gasteiger partial charge on any atom is -0.481 e. The van der Waals surface area contributed by atoms with E-state index in [4.69, 9.17) is 4.74 Å². The first kappa shape index (κ1) is 18.7. The number of rotatable bonds is 5. The highest BCUT2D eigenvalue weighted by Gasteiger charge is 2.60. The van der Waals surface area contributed by atoms with Crippen molar-refractivity contribution < 1.29 is 9.53 Å². The molecule has 4 nitrogen and oxygen atoms in total. The van der Waals surface area contributed by atoms with Crippen molar-refractivity contribution >= 4 is 5.91 Å². The molecule has 4 heteroatoms. The zero-order chi connectivity index (χ0) is 20.1. The molecule has 4 aliphatic carbocycles. The molecule has 4 fully saturated rings. The average molecular weight is 391 g/mol. The minimum atomic E-state index is -0.202. The van der Waals surface area contributed by atoms with Crippen LogP contribution < -0.4 is 10.1 Å². The fraction of sp³-hybridized carbons (Fsp3) is 0.520. The zero-order valence-electron chi connectivity index (χ0n) is 17.4. The lowest BCUT2D eigenvalue weighted by Gasteiger charge is -2.61. The Balaban J connectivity index is 1.38. The van der Waals surface area contributed by atoms with Gasteiger partial charge < -0.3 is 10.1 Å². The van der Waals surface area contributed by atoms with Gasteiger partial charge in [0.05, 0.1) is 12.5 Å². The molecule has 29 heavy (non-hydrogen) atoms. The second-order valence-electron chi connectivity index (χ2n) is 9.78. The van der Waals surface area contributed by atoms with Crippen LogP contribution in [0.15, 0.2) is 42.6 Å². The van der Waals surface area contributed by atoms with Crippen LogP contribution in [0.4, 0.5) is 0 Å². The molecule has 0 saturated heterocycles. The van der Waals surface area contributed by atoms with Crippen molar-refractivity contribution in [2.24, 2.45) is 17.3 Å². The summed E-state index contributed by atoms with van der Waals surface area (Å²) in [4.78, 5) is 17.6. The standard InChI is InChI=1S/C25H30N2O2/c1-17-3-5-21(6-4-17)24-11-19-9-20(12-24)14-25(13-19,16-24)23(28)27-15-18-7-8-26-22(10-18)29-2/h3-8,10,19-20H,9,11-16H2,1-2H3,(H,27,28). The summed E-state index contributed by atoms with van der Waals surface area (Å²) in [6.07, 6.45) is 8.67. The molecule has 1 N–H and O–H groups in total. The number of nitrogens with zero attached hydrogens (tertiary/aromatic N) is 1. The number of carbonyl (C=O) groups is 1. The molecule has 6 rings (SSSR count). The second kappa shape index (κ2) is 6.86. The molecule has 0 aliphatic heterocycles. The highest BCUT2D eigenvalue weighted by molar-refractivity contribution is 5.83. The van der Waals surface area contributed by atoms with Gasteiger partial charge in [-0.2, -0.15) is 0 Å². The van der Waals surface area contributed by atoms with Gasteiger partial charge in [0.15, 0.2) is 0 Å². The molecule has 1 aromatic heterocycles. The summed E-state index contributed by atoms with van der Waals surface area (Å²) >= 11 is 0. The average Bonchev–Trinajstić information content (AvgIpc) is 2.71. The van der Waals surface area contributed by atoms with Crippen LogP contribution >= 0.6 is 0 Å². The van der Waals surface area contributed by atoms with Crippen molar-refractivity contribution in [3.8, 4) is 5.88 Å². The van der Waals surface area contributed by atoms with E-state index >= 15 is 0 Å². The Labute approximate surface area is 173 Å². The number of aryl methyl sites for hydroxylation is 1. The first-order chi connectivity index (χ1) is 14.0. The molecule has 1 aromatic carbocycles. The van der Waals surface area contributed by atoms with Gasteiger partial charge in [0.1, 0.15) is 0 Å². The zero-order valence-corrected chi connectivity index (χ0v) is 17.4. The van der Waals surface area contributed by atoms with Crippen LogP contribution in [0.25, 0.3) is 0 Å². The normalized spacial score (nSPS) is 32.2. The van der Waals surface area contributed by atoms with Crippen LogP contribution in [0.5, 0.6) is 5.88 Å². The lowest BCUT2D eigenvalue weighted by Crippen LogP contribution is -2.59. The quantitative estimate of drug-likeness (QED) is 0.815. The number of aromatic nitrogens is 1. The van der Waals surface area contributed by atoms with E-state index in [0.29, 0.717) is 24.3 Å². The third kappa shape index (κ3) is 3.23. The molecule has 2 atom stereocenters. The first-order valence-corrected chi connectivity index (χ1v) is 10.8. The van der Waals surface area contributed by atoms with Crippen LogP contribution in [0, 0.1) is 24.2 Å². The molecule has 152 valence electrons. The van der Waals surface area contributed by atoms with Crippen LogP contribution in [0.2, 0.25) is 0 Å². The summed E-state index contributed by atoms with van der Waals surface area (Å²) in [5, 5.41) is 3.26. The summed E-state index contributed by atoms with van der Waals surface area (Å²) < 4.78 is 5.21. The molecule has 2 unspecified atom stereocenters. The van der Waals surface area contributed by atoms with E-state index in [1.807, 2.05) is 12.1 Å². The molecule has 4 bridgehead atoms. The number of carbonyl (C=O) groups excluding carboxylic acids is 1. The Morgan fingerprint density at radius 1 is 1.14 bits per heavy atom. The van der Waals surface area contributed by atoms with Gasteiger partial charge in [-0.15, -0.1) is 0 Å². The summed E-state index contributed by atoms with van der Waals surface area (Å²) in [5.74, 6) is 2.21. The van der Waals surface area contributed by atoms with E-state index in [0.717, 1.165) is 24.8 Å². The smallest absolute Gasteiger partial charge is 0.226 e. The molecule has 4 saturated carbocycles. The lowest BCUT2D eigenvalue weighted by atomic mass is 9.42. The first-order valence-electron chi connectivity index (χ1n) is 10.8. The minimum absolute atomic E-state index is 0.189. The SMILES string of the molecule is COc1cc(CNC(=O)C23CC4CC(C2)CC(c2ccc(C)cc2)(C4)C3)ccn1.